The molecule has 4 nitrogen and oxygen atoms in total. The largest absolute Gasteiger partial charge is 0.376 e. The maximum absolute atomic E-state index is 11.9. The highest BCUT2D eigenvalue weighted by atomic mass is 32.1. The van der Waals surface area contributed by atoms with Crippen LogP contribution in [0.2, 0.25) is 0 Å². The second-order valence-corrected chi connectivity index (χ2v) is 5.43. The molecule has 1 atom stereocenters. The number of hydrogen-bond donors (Lipinski definition) is 1. The van der Waals surface area contributed by atoms with Crippen molar-refractivity contribution in [2.45, 2.75) is 25.9 Å². The van der Waals surface area contributed by atoms with Crippen LogP contribution in [0.15, 0.2) is 17.0 Å². The highest BCUT2D eigenvalue weighted by molar-refractivity contribution is 7.11. The molecule has 0 aliphatic carbocycles. The first-order valence-corrected chi connectivity index (χ1v) is 7.14. The van der Waals surface area contributed by atoms with E-state index in [9.17, 15) is 4.79 Å². The molecular weight excluding hydrogens is 260 g/mol. The van der Waals surface area contributed by atoms with Gasteiger partial charge >= 0.3 is 0 Å². The minimum atomic E-state index is -0.328. The third kappa shape index (κ3) is 3.66. The molecule has 19 heavy (non-hydrogen) atoms. The van der Waals surface area contributed by atoms with E-state index in [-0.39, 0.29) is 17.6 Å². The van der Waals surface area contributed by atoms with Gasteiger partial charge in [0, 0.05) is 18.0 Å². The summed E-state index contributed by atoms with van der Waals surface area (Å²) in [4.78, 5) is 12.9. The molecule has 1 amide bonds. The van der Waals surface area contributed by atoms with E-state index in [1.807, 2.05) is 24.4 Å². The van der Waals surface area contributed by atoms with Crippen molar-refractivity contribution in [1.29, 1.82) is 5.26 Å². The zero-order chi connectivity index (χ0) is 13.7. The lowest BCUT2D eigenvalue weighted by atomic mass is 10.2. The van der Waals surface area contributed by atoms with Crippen LogP contribution in [0.5, 0.6) is 0 Å². The van der Waals surface area contributed by atoms with E-state index in [1.165, 1.54) is 11.3 Å². The summed E-state index contributed by atoms with van der Waals surface area (Å²) in [5.74, 6) is -0.328. The number of nitrogens with one attached hydrogen (secondary N) is 1. The van der Waals surface area contributed by atoms with Gasteiger partial charge in [-0.3, -0.25) is 4.79 Å². The normalized spacial score (nSPS) is 19.2. The topological polar surface area (TPSA) is 62.1 Å². The van der Waals surface area contributed by atoms with Crippen molar-refractivity contribution in [2.75, 3.05) is 13.2 Å². The molecule has 1 aromatic rings. The molecule has 1 fully saturated rings. The van der Waals surface area contributed by atoms with Gasteiger partial charge in [-0.25, -0.2) is 0 Å². The van der Waals surface area contributed by atoms with Gasteiger partial charge in [-0.2, -0.15) is 5.26 Å². The van der Waals surface area contributed by atoms with Crippen molar-refractivity contribution >= 4 is 23.3 Å². The summed E-state index contributed by atoms with van der Waals surface area (Å²) in [6, 6.07) is 3.93. The molecule has 2 rings (SSSR count). The number of nitriles is 1. The van der Waals surface area contributed by atoms with E-state index in [2.05, 4.69) is 5.32 Å². The van der Waals surface area contributed by atoms with E-state index < -0.39 is 0 Å². The lowest BCUT2D eigenvalue weighted by molar-refractivity contribution is -0.117. The van der Waals surface area contributed by atoms with Crippen molar-refractivity contribution in [3.05, 3.63) is 27.5 Å². The Labute approximate surface area is 116 Å². The predicted octanol–water partition coefficient (Wildman–Crippen LogP) is 2.26. The lowest BCUT2D eigenvalue weighted by Crippen LogP contribution is -2.32. The maximum Gasteiger partial charge on any atom is 0.262 e. The van der Waals surface area contributed by atoms with E-state index in [4.69, 9.17) is 10.00 Å². The SMILES string of the molecule is Cc1ccsc1/C=C(\C#N)C(=O)NC[C@H]1CCCO1. The molecule has 5 heteroatoms. The first-order chi connectivity index (χ1) is 9.20. The third-order valence-electron chi connectivity index (χ3n) is 3.06. The highest BCUT2D eigenvalue weighted by Crippen LogP contribution is 2.19. The van der Waals surface area contributed by atoms with Gasteiger partial charge in [-0.1, -0.05) is 0 Å². The first-order valence-electron chi connectivity index (χ1n) is 6.26. The predicted molar refractivity (Wildman–Crippen MR) is 74.6 cm³/mol. The summed E-state index contributed by atoms with van der Waals surface area (Å²) in [5, 5.41) is 13.8. The van der Waals surface area contributed by atoms with Crippen molar-refractivity contribution in [3.8, 4) is 6.07 Å². The minimum Gasteiger partial charge on any atom is -0.376 e. The summed E-state index contributed by atoms with van der Waals surface area (Å²) in [6.07, 6.45) is 3.74. The molecule has 0 saturated carbocycles. The fourth-order valence-electron chi connectivity index (χ4n) is 1.92. The standard InChI is InChI=1S/C14H16N2O2S/c1-10-4-6-19-13(10)7-11(8-15)14(17)16-9-12-3-2-5-18-12/h4,6-7,12H,2-3,5,9H2,1H3,(H,16,17)/b11-7+/t12-/m1/s1. The summed E-state index contributed by atoms with van der Waals surface area (Å²) in [6.45, 7) is 3.19. The second kappa shape index (κ2) is 6.50. The number of carbonyl (C=O) groups excluding carboxylic acids is 1. The molecule has 0 bridgehead atoms. The zero-order valence-electron chi connectivity index (χ0n) is 10.8. The van der Waals surface area contributed by atoms with E-state index in [0.717, 1.165) is 29.9 Å². The Morgan fingerprint density at radius 1 is 1.74 bits per heavy atom. The number of carbonyl (C=O) groups is 1. The Hall–Kier alpha value is -1.64. The average molecular weight is 276 g/mol. The quantitative estimate of drug-likeness (QED) is 0.677. The van der Waals surface area contributed by atoms with E-state index in [1.54, 1.807) is 6.08 Å². The molecule has 0 radical (unpaired) electrons. The van der Waals surface area contributed by atoms with Crippen molar-refractivity contribution in [3.63, 3.8) is 0 Å². The molecule has 0 unspecified atom stereocenters. The molecular formula is C14H16N2O2S. The molecule has 1 aliphatic rings. The van der Waals surface area contributed by atoms with Crippen LogP contribution >= 0.6 is 11.3 Å². The number of thiophene rings is 1. The Morgan fingerprint density at radius 2 is 2.58 bits per heavy atom. The van der Waals surface area contributed by atoms with Crippen molar-refractivity contribution < 1.29 is 9.53 Å². The van der Waals surface area contributed by atoms with Crippen LogP contribution in [0.4, 0.5) is 0 Å². The first kappa shape index (κ1) is 13.8. The van der Waals surface area contributed by atoms with Gasteiger partial charge in [0.05, 0.1) is 6.10 Å². The van der Waals surface area contributed by atoms with Gasteiger partial charge in [-0.15, -0.1) is 11.3 Å². The van der Waals surface area contributed by atoms with Gasteiger partial charge in [0.15, 0.2) is 0 Å². The lowest BCUT2D eigenvalue weighted by Gasteiger charge is -2.10. The fourth-order valence-corrected chi connectivity index (χ4v) is 2.78. The van der Waals surface area contributed by atoms with E-state index >= 15 is 0 Å². The maximum atomic E-state index is 11.9. The van der Waals surface area contributed by atoms with Gasteiger partial charge < -0.3 is 10.1 Å². The monoisotopic (exact) mass is 276 g/mol. The molecule has 1 N–H and O–H groups in total. The number of aryl methyl sites for hydroxylation is 1. The van der Waals surface area contributed by atoms with Gasteiger partial charge in [0.2, 0.25) is 0 Å². The Bertz CT molecular complexity index is 522. The van der Waals surface area contributed by atoms with Crippen LogP contribution in [0.25, 0.3) is 6.08 Å². The average Bonchev–Trinajstić information content (AvgIpc) is 3.05. The smallest absolute Gasteiger partial charge is 0.262 e. The van der Waals surface area contributed by atoms with Crippen LogP contribution in [0, 0.1) is 18.3 Å². The van der Waals surface area contributed by atoms with Crippen LogP contribution in [-0.4, -0.2) is 25.2 Å². The molecule has 2 heterocycles. The Morgan fingerprint density at radius 3 is 3.16 bits per heavy atom. The van der Waals surface area contributed by atoms with Gasteiger partial charge in [0.25, 0.3) is 5.91 Å². The van der Waals surface area contributed by atoms with Crippen LogP contribution in [0.1, 0.15) is 23.3 Å². The van der Waals surface area contributed by atoms with Gasteiger partial charge in [0.1, 0.15) is 11.6 Å². The van der Waals surface area contributed by atoms with E-state index in [0.29, 0.717) is 6.54 Å². The number of hydrogen-bond acceptors (Lipinski definition) is 4. The summed E-state index contributed by atoms with van der Waals surface area (Å²) >= 11 is 1.52. The summed E-state index contributed by atoms with van der Waals surface area (Å²) in [7, 11) is 0. The van der Waals surface area contributed by atoms with Crippen molar-refractivity contribution in [2.24, 2.45) is 0 Å². The van der Waals surface area contributed by atoms with Crippen LogP contribution in [-0.2, 0) is 9.53 Å². The van der Waals surface area contributed by atoms with Crippen molar-refractivity contribution in [1.82, 2.24) is 5.32 Å². The molecule has 100 valence electrons. The van der Waals surface area contributed by atoms with Crippen LogP contribution < -0.4 is 5.32 Å². The summed E-state index contributed by atoms with van der Waals surface area (Å²) < 4.78 is 5.43. The highest BCUT2D eigenvalue weighted by Gasteiger charge is 2.17. The van der Waals surface area contributed by atoms with Gasteiger partial charge in [-0.05, 0) is 42.9 Å². The fraction of sp³-hybridized carbons (Fsp3) is 0.429. The number of rotatable bonds is 4. The number of amides is 1. The Kier molecular flexibility index (Phi) is 4.72. The third-order valence-corrected chi connectivity index (χ3v) is 4.02. The molecule has 0 aromatic carbocycles. The number of ether oxygens (including phenoxy) is 1. The molecule has 1 saturated heterocycles. The molecule has 1 aliphatic heterocycles. The molecule has 0 spiro atoms. The summed E-state index contributed by atoms with van der Waals surface area (Å²) in [5.41, 5.74) is 1.22. The van der Waals surface area contributed by atoms with Crippen LogP contribution in [0.3, 0.4) is 0 Å². The number of nitrogens with zero attached hydrogens (tertiary/aromatic N) is 1. The Balaban J connectivity index is 1.97. The minimum absolute atomic E-state index is 0.0902. The second-order valence-electron chi connectivity index (χ2n) is 4.48. The zero-order valence-corrected chi connectivity index (χ0v) is 11.6. The molecule has 1 aromatic heterocycles.